The third-order valence-corrected chi connectivity index (χ3v) is 3.00. The maximum Gasteiger partial charge on any atom is 0.191 e. The van der Waals surface area contributed by atoms with E-state index < -0.39 is 0 Å². The highest BCUT2D eigenvalue weighted by molar-refractivity contribution is 14.0. The van der Waals surface area contributed by atoms with E-state index in [1.54, 1.807) is 24.6 Å². The number of thiophene rings is 1. The Balaban J connectivity index is 0.00000162. The number of aromatic nitrogens is 2. The molecule has 2 aromatic rings. The highest BCUT2D eigenvalue weighted by Gasteiger charge is 1.99. The van der Waals surface area contributed by atoms with Crippen molar-refractivity contribution in [2.24, 2.45) is 4.99 Å². The van der Waals surface area contributed by atoms with E-state index in [1.165, 1.54) is 5.56 Å². The van der Waals surface area contributed by atoms with E-state index in [0.29, 0.717) is 6.54 Å². The van der Waals surface area contributed by atoms with Gasteiger partial charge in [-0.25, -0.2) is 0 Å². The minimum Gasteiger partial charge on any atom is -0.352 e. The molecular weight excluding hydrogens is 361 g/mol. The van der Waals surface area contributed by atoms with Gasteiger partial charge in [-0.05, 0) is 28.5 Å². The fourth-order valence-electron chi connectivity index (χ4n) is 1.36. The molecule has 0 saturated heterocycles. The number of guanidine groups is 1. The summed E-state index contributed by atoms with van der Waals surface area (Å²) in [5.41, 5.74) is 2.29. The molecule has 5 nitrogen and oxygen atoms in total. The molecule has 0 aromatic carbocycles. The molecule has 0 spiro atoms. The van der Waals surface area contributed by atoms with Crippen molar-refractivity contribution >= 4 is 41.3 Å². The van der Waals surface area contributed by atoms with Gasteiger partial charge in [-0.1, -0.05) is 0 Å². The van der Waals surface area contributed by atoms with E-state index in [4.69, 9.17) is 0 Å². The average Bonchev–Trinajstić information content (AvgIpc) is 3.02. The molecule has 0 unspecified atom stereocenters. The molecule has 0 aliphatic rings. The van der Waals surface area contributed by atoms with Crippen LogP contribution in [0.5, 0.6) is 0 Å². The summed E-state index contributed by atoms with van der Waals surface area (Å²) in [6.07, 6.45) is 1.73. The standard InChI is InChI=1S/C11H15N5S.HI/c1-12-11(13-6-9-3-5-17-8-9)14-7-10-2-4-15-16-10;/h2-5,8H,6-7H2,1H3,(H,15,16)(H2,12,13,14);1H. The number of nitrogens with one attached hydrogen (secondary N) is 3. The Kier molecular flexibility index (Phi) is 6.73. The molecule has 0 aliphatic heterocycles. The zero-order chi connectivity index (χ0) is 11.9. The maximum absolute atomic E-state index is 4.15. The molecule has 0 bridgehead atoms. The third-order valence-electron chi connectivity index (χ3n) is 2.27. The lowest BCUT2D eigenvalue weighted by Crippen LogP contribution is -2.36. The third kappa shape index (κ3) is 4.65. The molecule has 18 heavy (non-hydrogen) atoms. The summed E-state index contributed by atoms with van der Waals surface area (Å²) in [5.74, 6) is 0.783. The Hall–Kier alpha value is -1.09. The van der Waals surface area contributed by atoms with Gasteiger partial charge < -0.3 is 10.6 Å². The van der Waals surface area contributed by atoms with Gasteiger partial charge in [0.25, 0.3) is 0 Å². The maximum atomic E-state index is 4.15. The second-order valence-corrected chi connectivity index (χ2v) is 4.27. The van der Waals surface area contributed by atoms with Gasteiger partial charge in [-0.3, -0.25) is 10.1 Å². The zero-order valence-corrected chi connectivity index (χ0v) is 13.2. The number of aliphatic imine (C=N–C) groups is 1. The van der Waals surface area contributed by atoms with Crippen LogP contribution in [0.25, 0.3) is 0 Å². The lowest BCUT2D eigenvalue weighted by Gasteiger charge is -2.10. The molecular formula is C11H16IN5S. The van der Waals surface area contributed by atoms with E-state index in [2.05, 4.69) is 42.6 Å². The van der Waals surface area contributed by atoms with Crippen molar-refractivity contribution in [2.45, 2.75) is 13.1 Å². The van der Waals surface area contributed by atoms with Crippen LogP contribution < -0.4 is 10.6 Å². The summed E-state index contributed by atoms with van der Waals surface area (Å²) in [6, 6.07) is 4.03. The van der Waals surface area contributed by atoms with E-state index in [9.17, 15) is 0 Å². The van der Waals surface area contributed by atoms with Gasteiger partial charge in [0, 0.05) is 19.8 Å². The number of halogens is 1. The Morgan fingerprint density at radius 1 is 1.39 bits per heavy atom. The molecule has 3 N–H and O–H groups in total. The fourth-order valence-corrected chi connectivity index (χ4v) is 2.03. The SMILES string of the molecule is CN=C(NCc1ccsc1)NCc1ccn[nH]1.I. The molecule has 2 rings (SSSR count). The predicted octanol–water partition coefficient (Wildman–Crippen LogP) is 1.95. The minimum atomic E-state index is 0. The molecule has 0 aliphatic carbocycles. The van der Waals surface area contributed by atoms with Crippen LogP contribution in [-0.2, 0) is 13.1 Å². The van der Waals surface area contributed by atoms with Crippen molar-refractivity contribution in [2.75, 3.05) is 7.05 Å². The molecule has 2 aromatic heterocycles. The first kappa shape index (κ1) is 15.0. The number of rotatable bonds is 4. The van der Waals surface area contributed by atoms with Gasteiger partial charge in [0.1, 0.15) is 0 Å². The fraction of sp³-hybridized carbons (Fsp3) is 0.273. The van der Waals surface area contributed by atoms with Crippen molar-refractivity contribution in [1.29, 1.82) is 0 Å². The van der Waals surface area contributed by atoms with E-state index >= 15 is 0 Å². The predicted molar refractivity (Wildman–Crippen MR) is 85.4 cm³/mol. The van der Waals surface area contributed by atoms with Crippen LogP contribution in [0.1, 0.15) is 11.3 Å². The number of hydrogen-bond donors (Lipinski definition) is 3. The first-order chi connectivity index (χ1) is 8.38. The lowest BCUT2D eigenvalue weighted by molar-refractivity contribution is 0.791. The molecule has 98 valence electrons. The van der Waals surface area contributed by atoms with Crippen LogP contribution in [0, 0.1) is 0 Å². The minimum absolute atomic E-state index is 0. The van der Waals surface area contributed by atoms with E-state index in [1.807, 2.05) is 6.07 Å². The number of nitrogens with zero attached hydrogens (tertiary/aromatic N) is 2. The summed E-state index contributed by atoms with van der Waals surface area (Å²) < 4.78 is 0. The molecule has 0 atom stereocenters. The first-order valence-electron chi connectivity index (χ1n) is 5.32. The van der Waals surface area contributed by atoms with Gasteiger partial charge in [0.05, 0.1) is 12.2 Å². The highest BCUT2D eigenvalue weighted by atomic mass is 127. The Morgan fingerprint density at radius 3 is 2.83 bits per heavy atom. The Labute approximate surface area is 127 Å². The van der Waals surface area contributed by atoms with Crippen molar-refractivity contribution in [3.05, 3.63) is 40.3 Å². The van der Waals surface area contributed by atoms with E-state index in [-0.39, 0.29) is 24.0 Å². The number of H-pyrrole nitrogens is 1. The summed E-state index contributed by atoms with van der Waals surface area (Å²) in [6.45, 7) is 1.47. The Morgan fingerprint density at radius 2 is 2.22 bits per heavy atom. The molecule has 0 radical (unpaired) electrons. The van der Waals surface area contributed by atoms with Crippen LogP contribution in [0.2, 0.25) is 0 Å². The molecule has 0 fully saturated rings. The van der Waals surface area contributed by atoms with Crippen LogP contribution >= 0.6 is 35.3 Å². The summed E-state index contributed by atoms with van der Waals surface area (Å²) in [5, 5.41) is 17.4. The van der Waals surface area contributed by atoms with Crippen LogP contribution in [0.15, 0.2) is 34.1 Å². The molecule has 7 heteroatoms. The van der Waals surface area contributed by atoms with Crippen molar-refractivity contribution in [3.8, 4) is 0 Å². The summed E-state index contributed by atoms with van der Waals surface area (Å²) in [4.78, 5) is 4.15. The summed E-state index contributed by atoms with van der Waals surface area (Å²) in [7, 11) is 1.76. The second kappa shape index (κ2) is 8.09. The van der Waals surface area contributed by atoms with Gasteiger partial charge in [-0.15, -0.1) is 24.0 Å². The quantitative estimate of drug-likeness (QED) is 0.434. The van der Waals surface area contributed by atoms with Gasteiger partial charge in [0.15, 0.2) is 5.96 Å². The highest BCUT2D eigenvalue weighted by Crippen LogP contribution is 2.04. The van der Waals surface area contributed by atoms with Crippen molar-refractivity contribution in [3.63, 3.8) is 0 Å². The van der Waals surface area contributed by atoms with Crippen LogP contribution in [0.4, 0.5) is 0 Å². The molecule has 0 saturated carbocycles. The van der Waals surface area contributed by atoms with Crippen LogP contribution in [-0.4, -0.2) is 23.2 Å². The largest absolute Gasteiger partial charge is 0.352 e. The van der Waals surface area contributed by atoms with Crippen molar-refractivity contribution in [1.82, 2.24) is 20.8 Å². The average molecular weight is 377 g/mol. The van der Waals surface area contributed by atoms with Gasteiger partial charge >= 0.3 is 0 Å². The number of hydrogen-bond acceptors (Lipinski definition) is 3. The van der Waals surface area contributed by atoms with Gasteiger partial charge in [-0.2, -0.15) is 16.4 Å². The monoisotopic (exact) mass is 377 g/mol. The summed E-state index contributed by atoms with van der Waals surface area (Å²) >= 11 is 1.70. The Bertz CT molecular complexity index is 412. The second-order valence-electron chi connectivity index (χ2n) is 3.49. The van der Waals surface area contributed by atoms with Gasteiger partial charge in [0.2, 0.25) is 0 Å². The lowest BCUT2D eigenvalue weighted by atomic mass is 10.3. The topological polar surface area (TPSA) is 65.1 Å². The van der Waals surface area contributed by atoms with Crippen molar-refractivity contribution < 1.29 is 0 Å². The zero-order valence-electron chi connectivity index (χ0n) is 10.0. The van der Waals surface area contributed by atoms with Crippen LogP contribution in [0.3, 0.4) is 0 Å². The first-order valence-corrected chi connectivity index (χ1v) is 6.26. The molecule has 2 heterocycles. The number of aromatic amines is 1. The van der Waals surface area contributed by atoms with E-state index in [0.717, 1.165) is 18.2 Å². The smallest absolute Gasteiger partial charge is 0.191 e. The molecule has 0 amide bonds. The normalized spacial score (nSPS) is 10.8.